The van der Waals surface area contributed by atoms with E-state index in [2.05, 4.69) is 22.8 Å². The van der Waals surface area contributed by atoms with Crippen molar-refractivity contribution in [1.82, 2.24) is 5.32 Å². The van der Waals surface area contributed by atoms with Crippen LogP contribution in [0.15, 0.2) is 72.8 Å². The minimum absolute atomic E-state index is 0.0809. The normalized spacial score (nSPS) is 16.5. The summed E-state index contributed by atoms with van der Waals surface area (Å²) >= 11 is 0. The molecule has 1 saturated heterocycles. The number of carbonyl (C=O) groups excluding carboxylic acids is 1. The van der Waals surface area contributed by atoms with Gasteiger partial charge in [-0.05, 0) is 47.5 Å². The molecule has 0 saturated carbocycles. The Labute approximate surface area is 193 Å². The first-order valence-corrected chi connectivity index (χ1v) is 11.4. The van der Waals surface area contributed by atoms with Gasteiger partial charge in [0, 0.05) is 37.2 Å². The predicted octanol–water partition coefficient (Wildman–Crippen LogP) is 4.75. The zero-order chi connectivity index (χ0) is 22.5. The van der Waals surface area contributed by atoms with Crippen molar-refractivity contribution in [1.29, 1.82) is 0 Å². The number of benzene rings is 3. The topological polar surface area (TPSA) is 68.8 Å². The highest BCUT2D eigenvalue weighted by molar-refractivity contribution is 5.91. The fraction of sp³-hybridized carbons (Fsp3) is 0.296. The quantitative estimate of drug-likeness (QED) is 0.574. The Morgan fingerprint density at radius 3 is 2.64 bits per heavy atom. The van der Waals surface area contributed by atoms with Gasteiger partial charge >= 0.3 is 0 Å². The minimum atomic E-state index is -0.492. The first kappa shape index (κ1) is 21.5. The van der Waals surface area contributed by atoms with Crippen molar-refractivity contribution in [2.45, 2.75) is 31.7 Å². The van der Waals surface area contributed by atoms with Crippen LogP contribution in [0.25, 0.3) is 11.1 Å². The monoisotopic (exact) mass is 444 g/mol. The standard InChI is InChI=1S/C27H28N2O4/c30-26(11-16-31-24-7-2-1-3-8-24)29-23-6-4-5-20(18-23)21-9-10-25-22(17-21)19-32-27(33-25)12-14-28-15-13-27/h1-10,17-18,28H,11-16,19H2,(H,29,30). The molecule has 33 heavy (non-hydrogen) atoms. The maximum Gasteiger partial charge on any atom is 0.227 e. The van der Waals surface area contributed by atoms with Gasteiger partial charge in [0.25, 0.3) is 0 Å². The van der Waals surface area contributed by atoms with Crippen molar-refractivity contribution >= 4 is 11.6 Å². The third-order valence-electron chi connectivity index (χ3n) is 6.03. The Morgan fingerprint density at radius 1 is 0.970 bits per heavy atom. The molecular formula is C27H28N2O4. The number of fused-ring (bicyclic) bond motifs is 1. The van der Waals surface area contributed by atoms with E-state index < -0.39 is 5.79 Å². The van der Waals surface area contributed by atoms with E-state index >= 15 is 0 Å². The molecule has 3 aromatic rings. The molecule has 6 nitrogen and oxygen atoms in total. The number of hydrogen-bond donors (Lipinski definition) is 2. The number of amides is 1. The largest absolute Gasteiger partial charge is 0.493 e. The maximum absolute atomic E-state index is 12.4. The number of nitrogens with one attached hydrogen (secondary N) is 2. The molecule has 2 aliphatic rings. The highest BCUT2D eigenvalue weighted by Gasteiger charge is 2.38. The van der Waals surface area contributed by atoms with Crippen molar-refractivity contribution in [3.05, 3.63) is 78.4 Å². The molecule has 0 radical (unpaired) electrons. The average Bonchev–Trinajstić information content (AvgIpc) is 2.85. The van der Waals surface area contributed by atoms with Gasteiger partial charge in [0.1, 0.15) is 11.5 Å². The molecule has 2 N–H and O–H groups in total. The highest BCUT2D eigenvalue weighted by atomic mass is 16.7. The molecule has 170 valence electrons. The van der Waals surface area contributed by atoms with E-state index in [1.807, 2.05) is 60.7 Å². The smallest absolute Gasteiger partial charge is 0.227 e. The van der Waals surface area contributed by atoms with Crippen LogP contribution in [0.3, 0.4) is 0 Å². The molecule has 2 heterocycles. The van der Waals surface area contributed by atoms with Gasteiger partial charge in [0.05, 0.1) is 19.6 Å². The van der Waals surface area contributed by atoms with Gasteiger partial charge in [-0.1, -0.05) is 36.4 Å². The molecule has 5 rings (SSSR count). The lowest BCUT2D eigenvalue weighted by Crippen LogP contribution is -2.49. The molecule has 0 unspecified atom stereocenters. The minimum Gasteiger partial charge on any atom is -0.493 e. The number of carbonyl (C=O) groups is 1. The van der Waals surface area contributed by atoms with Gasteiger partial charge < -0.3 is 24.8 Å². The molecule has 6 heteroatoms. The van der Waals surface area contributed by atoms with Crippen molar-refractivity contribution in [3.63, 3.8) is 0 Å². The number of hydrogen-bond acceptors (Lipinski definition) is 5. The van der Waals surface area contributed by atoms with Gasteiger partial charge in [0.15, 0.2) is 0 Å². The second-order valence-electron chi connectivity index (χ2n) is 8.41. The van der Waals surface area contributed by atoms with Crippen LogP contribution in [0, 0.1) is 0 Å². The summed E-state index contributed by atoms with van der Waals surface area (Å²) in [6.07, 6.45) is 1.99. The van der Waals surface area contributed by atoms with Crippen LogP contribution in [-0.4, -0.2) is 31.4 Å². The zero-order valence-electron chi connectivity index (χ0n) is 18.5. The Balaban J connectivity index is 1.21. The predicted molar refractivity (Wildman–Crippen MR) is 127 cm³/mol. The van der Waals surface area contributed by atoms with Gasteiger partial charge in [0.2, 0.25) is 11.7 Å². The Morgan fingerprint density at radius 2 is 1.79 bits per heavy atom. The Hall–Kier alpha value is -3.35. The van der Waals surface area contributed by atoms with Crippen LogP contribution in [0.5, 0.6) is 11.5 Å². The number of rotatable bonds is 6. The number of anilines is 1. The summed E-state index contributed by atoms with van der Waals surface area (Å²) in [5.74, 6) is 1.09. The number of para-hydroxylation sites is 1. The van der Waals surface area contributed by atoms with Gasteiger partial charge in [-0.25, -0.2) is 0 Å². The SMILES string of the molecule is O=C(CCOc1ccccc1)Nc1cccc(-c2ccc3c(c2)COC2(CCNCC2)O3)c1. The van der Waals surface area contributed by atoms with Crippen molar-refractivity contribution in [2.75, 3.05) is 25.0 Å². The summed E-state index contributed by atoms with van der Waals surface area (Å²) in [5.41, 5.74) is 3.89. The zero-order valence-corrected chi connectivity index (χ0v) is 18.5. The Bertz CT molecular complexity index is 1110. The van der Waals surface area contributed by atoms with Crippen LogP contribution < -0.4 is 20.1 Å². The van der Waals surface area contributed by atoms with E-state index in [9.17, 15) is 4.79 Å². The van der Waals surface area contributed by atoms with Gasteiger partial charge in [-0.15, -0.1) is 0 Å². The van der Waals surface area contributed by atoms with E-state index in [1.165, 1.54) is 0 Å². The first-order chi connectivity index (χ1) is 16.2. The van der Waals surface area contributed by atoms with E-state index in [4.69, 9.17) is 14.2 Å². The van der Waals surface area contributed by atoms with E-state index in [0.717, 1.165) is 59.8 Å². The van der Waals surface area contributed by atoms with Crippen LogP contribution in [0.2, 0.25) is 0 Å². The van der Waals surface area contributed by atoms with Gasteiger partial charge in [-0.3, -0.25) is 4.79 Å². The van der Waals surface area contributed by atoms with Crippen molar-refractivity contribution in [3.8, 4) is 22.6 Å². The van der Waals surface area contributed by atoms with Crippen LogP contribution in [-0.2, 0) is 16.1 Å². The highest BCUT2D eigenvalue weighted by Crippen LogP contribution is 2.38. The summed E-state index contributed by atoms with van der Waals surface area (Å²) in [4.78, 5) is 12.4. The Kier molecular flexibility index (Phi) is 6.28. The molecule has 0 aliphatic carbocycles. The molecule has 1 fully saturated rings. The fourth-order valence-electron chi connectivity index (χ4n) is 4.24. The van der Waals surface area contributed by atoms with Crippen LogP contribution in [0.1, 0.15) is 24.8 Å². The summed E-state index contributed by atoms with van der Waals surface area (Å²) < 4.78 is 18.0. The third kappa shape index (κ3) is 5.18. The second kappa shape index (κ2) is 9.65. The summed E-state index contributed by atoms with van der Waals surface area (Å²) in [7, 11) is 0. The summed E-state index contributed by atoms with van der Waals surface area (Å²) in [5, 5.41) is 6.32. The number of ether oxygens (including phenoxy) is 3. The summed E-state index contributed by atoms with van der Waals surface area (Å²) in [6.45, 7) is 2.69. The van der Waals surface area contributed by atoms with Crippen molar-refractivity contribution < 1.29 is 19.0 Å². The fourth-order valence-corrected chi connectivity index (χ4v) is 4.24. The molecule has 0 bridgehead atoms. The molecule has 1 spiro atoms. The first-order valence-electron chi connectivity index (χ1n) is 11.4. The van der Waals surface area contributed by atoms with Crippen LogP contribution >= 0.6 is 0 Å². The number of piperidine rings is 1. The van der Waals surface area contributed by atoms with Crippen LogP contribution in [0.4, 0.5) is 5.69 Å². The lowest BCUT2D eigenvalue weighted by Gasteiger charge is -2.41. The second-order valence-corrected chi connectivity index (χ2v) is 8.41. The molecule has 1 amide bonds. The molecule has 3 aromatic carbocycles. The van der Waals surface area contributed by atoms with E-state index in [0.29, 0.717) is 13.2 Å². The molecular weight excluding hydrogens is 416 g/mol. The van der Waals surface area contributed by atoms with E-state index in [-0.39, 0.29) is 12.3 Å². The molecule has 2 aliphatic heterocycles. The van der Waals surface area contributed by atoms with E-state index in [1.54, 1.807) is 0 Å². The summed E-state index contributed by atoms with van der Waals surface area (Å²) in [6, 6.07) is 23.6. The molecule has 0 aromatic heterocycles. The lowest BCUT2D eigenvalue weighted by molar-refractivity contribution is -0.218. The van der Waals surface area contributed by atoms with Gasteiger partial charge in [-0.2, -0.15) is 0 Å². The maximum atomic E-state index is 12.4. The van der Waals surface area contributed by atoms with Crippen molar-refractivity contribution in [2.24, 2.45) is 0 Å². The lowest BCUT2D eigenvalue weighted by atomic mass is 9.99. The average molecular weight is 445 g/mol. The molecule has 0 atom stereocenters. The third-order valence-corrected chi connectivity index (χ3v) is 6.03.